The summed E-state index contributed by atoms with van der Waals surface area (Å²) in [5.41, 5.74) is 13.2. The maximum absolute atomic E-state index is 10.7. The molecule has 10 rings (SSSR count). The normalized spacial score (nSPS) is 11.4. The zero-order valence-corrected chi connectivity index (χ0v) is 28.0. The molecular formula is C48H29N3O. The third kappa shape index (κ3) is 4.80. The lowest BCUT2D eigenvalue weighted by Crippen LogP contribution is -1.99. The number of nitriles is 1. The molecule has 0 aliphatic heterocycles. The average molecular weight is 664 g/mol. The predicted octanol–water partition coefficient (Wildman–Crippen LogP) is 12.6. The zero-order chi connectivity index (χ0) is 34.6. The molecule has 3 aromatic heterocycles. The molecule has 4 nitrogen and oxygen atoms in total. The van der Waals surface area contributed by atoms with Crippen molar-refractivity contribution < 1.29 is 4.42 Å². The highest BCUT2D eigenvalue weighted by atomic mass is 16.3. The lowest BCUT2D eigenvalue weighted by molar-refractivity contribution is 0.669. The first kappa shape index (κ1) is 29.7. The van der Waals surface area contributed by atoms with E-state index in [1.165, 1.54) is 0 Å². The highest BCUT2D eigenvalue weighted by molar-refractivity contribution is 6.10. The van der Waals surface area contributed by atoms with Gasteiger partial charge in [-0.15, -0.1) is 0 Å². The second kappa shape index (κ2) is 12.0. The van der Waals surface area contributed by atoms with Crippen molar-refractivity contribution in [3.8, 4) is 56.5 Å². The summed E-state index contributed by atoms with van der Waals surface area (Å²) in [5, 5.41) is 15.0. The van der Waals surface area contributed by atoms with Gasteiger partial charge in [0.15, 0.2) is 0 Å². The zero-order valence-electron chi connectivity index (χ0n) is 28.0. The Kier molecular flexibility index (Phi) is 6.84. The highest BCUT2D eigenvalue weighted by Crippen LogP contribution is 2.39. The number of aromatic nitrogens is 2. The third-order valence-corrected chi connectivity index (χ3v) is 10.1. The van der Waals surface area contributed by atoms with Crippen LogP contribution in [0.2, 0.25) is 0 Å². The van der Waals surface area contributed by atoms with Crippen LogP contribution in [-0.2, 0) is 0 Å². The Morgan fingerprint density at radius 1 is 0.442 bits per heavy atom. The molecule has 0 amide bonds. The van der Waals surface area contributed by atoms with E-state index in [2.05, 4.69) is 132 Å². The molecule has 0 N–H and O–H groups in total. The van der Waals surface area contributed by atoms with Crippen molar-refractivity contribution in [1.29, 1.82) is 5.26 Å². The van der Waals surface area contributed by atoms with Crippen LogP contribution in [0.25, 0.3) is 94.2 Å². The summed E-state index contributed by atoms with van der Waals surface area (Å²) >= 11 is 0. The van der Waals surface area contributed by atoms with Gasteiger partial charge in [0, 0.05) is 38.2 Å². The first-order valence-corrected chi connectivity index (χ1v) is 17.4. The van der Waals surface area contributed by atoms with Crippen molar-refractivity contribution in [1.82, 2.24) is 9.55 Å². The molecule has 0 unspecified atom stereocenters. The van der Waals surface area contributed by atoms with Gasteiger partial charge in [-0.25, -0.2) is 4.98 Å². The van der Waals surface area contributed by atoms with Crippen LogP contribution < -0.4 is 0 Å². The molecule has 3 heterocycles. The maximum Gasteiger partial charge on any atom is 0.135 e. The van der Waals surface area contributed by atoms with Crippen molar-refractivity contribution in [2.24, 2.45) is 0 Å². The molecule has 52 heavy (non-hydrogen) atoms. The number of para-hydroxylation sites is 2. The molecule has 0 atom stereocenters. The van der Waals surface area contributed by atoms with Crippen molar-refractivity contribution >= 4 is 43.7 Å². The number of benzene rings is 7. The molecule has 0 bridgehead atoms. The van der Waals surface area contributed by atoms with E-state index in [0.717, 1.165) is 94.2 Å². The molecule has 10 aromatic rings. The lowest BCUT2D eigenvalue weighted by atomic mass is 9.96. The molecular weight excluding hydrogens is 635 g/mol. The van der Waals surface area contributed by atoms with Crippen LogP contribution in [0.5, 0.6) is 0 Å². The molecule has 242 valence electrons. The Balaban J connectivity index is 1.13. The summed E-state index contributed by atoms with van der Waals surface area (Å²) in [4.78, 5) is 5.17. The fourth-order valence-electron chi connectivity index (χ4n) is 7.60. The third-order valence-electron chi connectivity index (χ3n) is 10.1. The summed E-state index contributed by atoms with van der Waals surface area (Å²) < 4.78 is 8.58. The molecule has 7 aromatic carbocycles. The van der Waals surface area contributed by atoms with E-state index in [-0.39, 0.29) is 0 Å². The van der Waals surface area contributed by atoms with Gasteiger partial charge in [0.2, 0.25) is 0 Å². The number of nitrogens with zero attached hydrogens (tertiary/aromatic N) is 3. The SMILES string of the molecule is N#Cc1c(-c2ccc3oc4ccc(-c5cc(-c6ccccc6)cc(-c6ccccc6)n5)cc4c3c2)cccc1-n1c2ccccc2c2ccccc21. The Morgan fingerprint density at radius 2 is 1.00 bits per heavy atom. The van der Waals surface area contributed by atoms with Gasteiger partial charge in [-0.1, -0.05) is 115 Å². The largest absolute Gasteiger partial charge is 0.456 e. The fourth-order valence-corrected chi connectivity index (χ4v) is 7.60. The Morgan fingerprint density at radius 3 is 1.65 bits per heavy atom. The van der Waals surface area contributed by atoms with E-state index in [9.17, 15) is 5.26 Å². The van der Waals surface area contributed by atoms with Gasteiger partial charge in [0.1, 0.15) is 17.2 Å². The first-order valence-electron chi connectivity index (χ1n) is 17.4. The van der Waals surface area contributed by atoms with Crippen LogP contribution in [0.1, 0.15) is 5.56 Å². The summed E-state index contributed by atoms with van der Waals surface area (Å²) in [7, 11) is 0. The topological polar surface area (TPSA) is 54.8 Å². The quantitative estimate of drug-likeness (QED) is 0.184. The van der Waals surface area contributed by atoms with Gasteiger partial charge in [0.05, 0.1) is 33.7 Å². The summed E-state index contributed by atoms with van der Waals surface area (Å²) in [6.07, 6.45) is 0. The Labute approximate surface area is 300 Å². The Bertz CT molecular complexity index is 2910. The van der Waals surface area contributed by atoms with Gasteiger partial charge < -0.3 is 8.98 Å². The van der Waals surface area contributed by atoms with E-state index in [0.29, 0.717) is 5.56 Å². The van der Waals surface area contributed by atoms with Gasteiger partial charge in [-0.05, 0) is 77.4 Å². The summed E-state index contributed by atoms with van der Waals surface area (Å²) in [6, 6.07) is 63.0. The van der Waals surface area contributed by atoms with Crippen molar-refractivity contribution in [3.05, 3.63) is 181 Å². The van der Waals surface area contributed by atoms with E-state index < -0.39 is 0 Å². The van der Waals surface area contributed by atoms with Crippen LogP contribution in [-0.4, -0.2) is 9.55 Å². The number of hydrogen-bond donors (Lipinski definition) is 0. The second-order valence-electron chi connectivity index (χ2n) is 13.1. The van der Waals surface area contributed by atoms with Gasteiger partial charge >= 0.3 is 0 Å². The maximum atomic E-state index is 10.7. The first-order chi connectivity index (χ1) is 25.7. The number of rotatable bonds is 5. The Hall–Kier alpha value is -7.22. The van der Waals surface area contributed by atoms with E-state index in [4.69, 9.17) is 9.40 Å². The van der Waals surface area contributed by atoms with Crippen LogP contribution in [0, 0.1) is 11.3 Å². The van der Waals surface area contributed by atoms with Crippen molar-refractivity contribution in [2.75, 3.05) is 0 Å². The molecule has 0 radical (unpaired) electrons. The molecule has 0 saturated carbocycles. The minimum Gasteiger partial charge on any atom is -0.456 e. The fraction of sp³-hybridized carbons (Fsp3) is 0. The van der Waals surface area contributed by atoms with Crippen LogP contribution in [0.3, 0.4) is 0 Å². The average Bonchev–Trinajstić information content (AvgIpc) is 3.76. The molecule has 0 fully saturated rings. The van der Waals surface area contributed by atoms with E-state index in [1.54, 1.807) is 0 Å². The van der Waals surface area contributed by atoms with Gasteiger partial charge in [0.25, 0.3) is 0 Å². The van der Waals surface area contributed by atoms with Crippen LogP contribution in [0.4, 0.5) is 0 Å². The molecule has 4 heteroatoms. The van der Waals surface area contributed by atoms with Crippen LogP contribution >= 0.6 is 0 Å². The number of furan rings is 1. The summed E-state index contributed by atoms with van der Waals surface area (Å²) in [5.74, 6) is 0. The van der Waals surface area contributed by atoms with E-state index >= 15 is 0 Å². The minimum absolute atomic E-state index is 0.622. The van der Waals surface area contributed by atoms with Gasteiger partial charge in [-0.2, -0.15) is 5.26 Å². The molecule has 0 aliphatic carbocycles. The van der Waals surface area contributed by atoms with Crippen molar-refractivity contribution in [3.63, 3.8) is 0 Å². The number of pyridine rings is 1. The lowest BCUT2D eigenvalue weighted by Gasteiger charge is -2.13. The summed E-state index contributed by atoms with van der Waals surface area (Å²) in [6.45, 7) is 0. The number of hydrogen-bond acceptors (Lipinski definition) is 3. The minimum atomic E-state index is 0.622. The number of fused-ring (bicyclic) bond motifs is 6. The standard InChI is InChI=1S/C48H29N3O/c49-30-41-36(18-11-21-46(41)51-44-19-9-7-16-37(44)38-17-8-10-20-45(38)51)33-22-24-47-39(26-33)40-27-34(23-25-48(40)52-47)43-29-35(31-12-3-1-4-13-31)28-42(50-43)32-14-5-2-6-15-32/h1-29H. The molecule has 0 spiro atoms. The van der Waals surface area contributed by atoms with Gasteiger partial charge in [-0.3, -0.25) is 0 Å². The molecule has 0 aliphatic rings. The van der Waals surface area contributed by atoms with Crippen LogP contribution in [0.15, 0.2) is 180 Å². The van der Waals surface area contributed by atoms with Crippen molar-refractivity contribution in [2.45, 2.75) is 0 Å². The second-order valence-corrected chi connectivity index (χ2v) is 13.1. The highest BCUT2D eigenvalue weighted by Gasteiger charge is 2.19. The monoisotopic (exact) mass is 663 g/mol. The van der Waals surface area contributed by atoms with E-state index in [1.807, 2.05) is 54.6 Å². The molecule has 0 saturated heterocycles. The predicted molar refractivity (Wildman–Crippen MR) is 212 cm³/mol. The smallest absolute Gasteiger partial charge is 0.135 e.